The van der Waals surface area contributed by atoms with Crippen LogP contribution >= 0.6 is 0 Å². The number of nitrogens with zero attached hydrogens (tertiary/aromatic N) is 2. The first-order valence-corrected chi connectivity index (χ1v) is 11.9. The Kier molecular flexibility index (Phi) is 6.99. The second-order valence-electron chi connectivity index (χ2n) is 8.36. The molecule has 0 bridgehead atoms. The number of hydrogen-bond acceptors (Lipinski definition) is 7. The second-order valence-corrected chi connectivity index (χ2v) is 8.36. The molecule has 9 heteroatoms. The van der Waals surface area contributed by atoms with Crippen LogP contribution in [0.1, 0.15) is 28.6 Å². The van der Waals surface area contributed by atoms with E-state index >= 15 is 0 Å². The Labute approximate surface area is 217 Å². The second kappa shape index (κ2) is 10.8. The maximum atomic E-state index is 12.7. The van der Waals surface area contributed by atoms with Gasteiger partial charge in [0.2, 0.25) is 0 Å². The van der Waals surface area contributed by atoms with Crippen molar-refractivity contribution in [2.24, 2.45) is 5.10 Å². The third-order valence-corrected chi connectivity index (χ3v) is 5.83. The van der Waals surface area contributed by atoms with Crippen LogP contribution in [-0.2, 0) is 6.61 Å². The molecular weight excluding hydrogens is 486 g/mol. The van der Waals surface area contributed by atoms with Crippen LogP contribution in [0.15, 0.2) is 94.4 Å². The highest BCUT2D eigenvalue weighted by Gasteiger charge is 2.13. The summed E-state index contributed by atoms with van der Waals surface area (Å²) in [6.07, 6.45) is 1.51. The topological polar surface area (TPSA) is 116 Å². The highest BCUT2D eigenvalue weighted by molar-refractivity contribution is 6.03. The maximum Gasteiger partial charge on any atom is 0.307 e. The first kappa shape index (κ1) is 24.5. The highest BCUT2D eigenvalue weighted by atomic mass is 16.6. The van der Waals surface area contributed by atoms with E-state index in [9.17, 15) is 14.9 Å². The quantitative estimate of drug-likeness (QED) is 0.143. The van der Waals surface area contributed by atoms with Gasteiger partial charge in [-0.25, -0.2) is 5.43 Å². The van der Waals surface area contributed by atoms with Gasteiger partial charge in [-0.2, -0.15) is 5.10 Å². The van der Waals surface area contributed by atoms with Gasteiger partial charge in [0.25, 0.3) is 5.69 Å². The summed E-state index contributed by atoms with van der Waals surface area (Å²) in [5, 5.41) is 17.8. The van der Waals surface area contributed by atoms with Gasteiger partial charge in [-0.05, 0) is 53.6 Å². The van der Waals surface area contributed by atoms with E-state index in [2.05, 4.69) is 10.5 Å². The number of rotatable bonds is 9. The molecule has 0 saturated carbocycles. The molecule has 0 aliphatic heterocycles. The fraction of sp³-hybridized carbons (Fsp3) is 0.103. The van der Waals surface area contributed by atoms with E-state index in [1.54, 1.807) is 36.4 Å². The van der Waals surface area contributed by atoms with Crippen LogP contribution in [0.2, 0.25) is 0 Å². The molecule has 0 atom stereocenters. The number of nitro benzene ring substituents is 1. The zero-order valence-corrected chi connectivity index (χ0v) is 20.4. The molecule has 1 N–H and O–H groups in total. The number of carbonyl (C=O) groups excluding carboxylic acids is 1. The summed E-state index contributed by atoms with van der Waals surface area (Å²) in [5.41, 5.74) is 4.37. The number of furan rings is 1. The fourth-order valence-corrected chi connectivity index (χ4v) is 4.06. The number of amides is 1. The number of ether oxygens (including phenoxy) is 2. The predicted octanol–water partition coefficient (Wildman–Crippen LogP) is 6.24. The van der Waals surface area contributed by atoms with E-state index in [4.69, 9.17) is 13.9 Å². The lowest BCUT2D eigenvalue weighted by atomic mass is 10.0. The third kappa shape index (κ3) is 5.31. The van der Waals surface area contributed by atoms with Crippen LogP contribution in [0.4, 0.5) is 5.69 Å². The normalized spacial score (nSPS) is 11.2. The Hall–Kier alpha value is -5.18. The van der Waals surface area contributed by atoms with E-state index < -0.39 is 10.8 Å². The zero-order chi connectivity index (χ0) is 26.5. The Morgan fingerprint density at radius 3 is 2.71 bits per heavy atom. The molecule has 38 heavy (non-hydrogen) atoms. The molecule has 9 nitrogen and oxygen atoms in total. The molecule has 0 fully saturated rings. The van der Waals surface area contributed by atoms with Gasteiger partial charge in [0, 0.05) is 23.1 Å². The summed E-state index contributed by atoms with van der Waals surface area (Å²) >= 11 is 0. The van der Waals surface area contributed by atoms with Crippen molar-refractivity contribution < 1.29 is 23.6 Å². The molecule has 0 saturated heterocycles. The van der Waals surface area contributed by atoms with Gasteiger partial charge in [0.05, 0.1) is 17.7 Å². The monoisotopic (exact) mass is 509 g/mol. The van der Waals surface area contributed by atoms with E-state index in [0.717, 1.165) is 16.2 Å². The first-order chi connectivity index (χ1) is 18.5. The fourth-order valence-electron chi connectivity index (χ4n) is 4.06. The van der Waals surface area contributed by atoms with Crippen LogP contribution in [0, 0.1) is 10.1 Å². The molecular formula is C29H23N3O6. The minimum absolute atomic E-state index is 0.00573. The van der Waals surface area contributed by atoms with Gasteiger partial charge in [-0.3, -0.25) is 14.9 Å². The van der Waals surface area contributed by atoms with Gasteiger partial charge in [0.1, 0.15) is 23.7 Å². The first-order valence-electron chi connectivity index (χ1n) is 11.9. The molecule has 0 unspecified atom stereocenters. The number of nitro groups is 1. The van der Waals surface area contributed by atoms with Gasteiger partial charge >= 0.3 is 5.91 Å². The minimum atomic E-state index is -0.505. The van der Waals surface area contributed by atoms with Crippen molar-refractivity contribution in [1.82, 2.24) is 5.43 Å². The number of hydrazone groups is 1. The SMILES string of the molecule is CCOc1ccc2oc(C(=O)N/N=C/c3c(OCc4cccc([N+](=O)[O-])c4)ccc4ccccc34)cc2c1. The van der Waals surface area contributed by atoms with Crippen molar-refractivity contribution in [3.8, 4) is 11.5 Å². The Bertz CT molecular complexity index is 1670. The van der Waals surface area contributed by atoms with Crippen molar-refractivity contribution in [3.05, 3.63) is 112 Å². The van der Waals surface area contributed by atoms with Crippen molar-refractivity contribution in [2.75, 3.05) is 6.61 Å². The van der Waals surface area contributed by atoms with E-state index in [1.807, 2.05) is 43.3 Å². The third-order valence-electron chi connectivity index (χ3n) is 5.83. The van der Waals surface area contributed by atoms with Gasteiger partial charge in [0.15, 0.2) is 5.76 Å². The molecule has 0 spiro atoms. The molecule has 1 amide bonds. The Balaban J connectivity index is 1.37. The molecule has 1 aromatic heterocycles. The molecule has 0 radical (unpaired) electrons. The Morgan fingerprint density at radius 2 is 1.87 bits per heavy atom. The van der Waals surface area contributed by atoms with E-state index in [-0.39, 0.29) is 18.1 Å². The predicted molar refractivity (Wildman–Crippen MR) is 144 cm³/mol. The van der Waals surface area contributed by atoms with E-state index in [0.29, 0.717) is 34.8 Å². The number of non-ortho nitro benzene ring substituents is 1. The van der Waals surface area contributed by atoms with Crippen LogP contribution in [-0.4, -0.2) is 23.7 Å². The summed E-state index contributed by atoms with van der Waals surface area (Å²) in [5.74, 6) is 0.820. The highest BCUT2D eigenvalue weighted by Crippen LogP contribution is 2.28. The average molecular weight is 510 g/mol. The summed E-state index contributed by atoms with van der Waals surface area (Å²) in [7, 11) is 0. The number of nitrogens with one attached hydrogen (secondary N) is 1. The lowest BCUT2D eigenvalue weighted by Gasteiger charge is -2.12. The maximum absolute atomic E-state index is 12.7. The summed E-state index contributed by atoms with van der Waals surface area (Å²) in [6.45, 7) is 2.56. The zero-order valence-electron chi connectivity index (χ0n) is 20.4. The molecule has 0 aliphatic carbocycles. The standard InChI is InChI=1S/C29H23N3O6/c1-2-36-23-11-13-26-21(15-23)16-28(38-26)29(33)31-30-17-25-24-9-4-3-7-20(24)10-12-27(25)37-18-19-6-5-8-22(14-19)32(34)35/h3-17H,2,18H2,1H3,(H,31,33)/b30-17+. The number of fused-ring (bicyclic) bond motifs is 2. The minimum Gasteiger partial charge on any atom is -0.494 e. The lowest BCUT2D eigenvalue weighted by molar-refractivity contribution is -0.384. The largest absolute Gasteiger partial charge is 0.494 e. The van der Waals surface area contributed by atoms with Crippen molar-refractivity contribution in [1.29, 1.82) is 0 Å². The van der Waals surface area contributed by atoms with Crippen molar-refractivity contribution >= 4 is 39.6 Å². The van der Waals surface area contributed by atoms with Crippen LogP contribution in [0.3, 0.4) is 0 Å². The molecule has 0 aliphatic rings. The molecule has 190 valence electrons. The van der Waals surface area contributed by atoms with Gasteiger partial charge < -0.3 is 13.9 Å². The lowest BCUT2D eigenvalue weighted by Crippen LogP contribution is -2.16. The summed E-state index contributed by atoms with van der Waals surface area (Å²) in [4.78, 5) is 23.4. The number of benzene rings is 4. The molecule has 5 aromatic rings. The van der Waals surface area contributed by atoms with E-state index in [1.165, 1.54) is 18.3 Å². The summed E-state index contributed by atoms with van der Waals surface area (Å²) < 4.78 is 17.2. The van der Waals surface area contributed by atoms with Crippen LogP contribution in [0.25, 0.3) is 21.7 Å². The number of carbonyl (C=O) groups is 1. The Morgan fingerprint density at radius 1 is 1.00 bits per heavy atom. The average Bonchev–Trinajstić information content (AvgIpc) is 3.36. The van der Waals surface area contributed by atoms with Crippen LogP contribution in [0.5, 0.6) is 11.5 Å². The van der Waals surface area contributed by atoms with Gasteiger partial charge in [-0.15, -0.1) is 0 Å². The smallest absolute Gasteiger partial charge is 0.307 e. The molecule has 5 rings (SSSR count). The summed E-state index contributed by atoms with van der Waals surface area (Å²) in [6, 6.07) is 24.7. The number of hydrogen-bond donors (Lipinski definition) is 1. The molecule has 4 aromatic carbocycles. The van der Waals surface area contributed by atoms with Crippen LogP contribution < -0.4 is 14.9 Å². The van der Waals surface area contributed by atoms with Gasteiger partial charge in [-0.1, -0.05) is 42.5 Å². The molecule has 1 heterocycles. The van der Waals surface area contributed by atoms with Crippen molar-refractivity contribution in [3.63, 3.8) is 0 Å². The van der Waals surface area contributed by atoms with Crippen molar-refractivity contribution in [2.45, 2.75) is 13.5 Å².